The molecule has 1 aromatic carbocycles. The van der Waals surface area contributed by atoms with Crippen molar-refractivity contribution in [3.8, 4) is 0 Å². The van der Waals surface area contributed by atoms with E-state index in [1.807, 2.05) is 13.8 Å². The average molecular weight is 320 g/mol. The quantitative estimate of drug-likeness (QED) is 0.624. The molecule has 1 aliphatic heterocycles. The highest BCUT2D eigenvalue weighted by molar-refractivity contribution is 5.34. The summed E-state index contributed by atoms with van der Waals surface area (Å²) in [4.78, 5) is 2.61. The van der Waals surface area contributed by atoms with Gasteiger partial charge in [-0.2, -0.15) is 0 Å². The maximum absolute atomic E-state index is 6.05. The normalized spacial score (nSPS) is 16.7. The van der Waals surface area contributed by atoms with E-state index < -0.39 is 0 Å². The molecule has 1 heterocycles. The molecule has 0 amide bonds. The zero-order valence-corrected chi connectivity index (χ0v) is 16.0. The van der Waals surface area contributed by atoms with Gasteiger partial charge in [0.1, 0.15) is 0 Å². The number of benzene rings is 1. The number of hydrogen-bond donors (Lipinski definition) is 0. The fourth-order valence-electron chi connectivity index (χ4n) is 3.24. The van der Waals surface area contributed by atoms with Crippen LogP contribution in [0.15, 0.2) is 18.2 Å². The molecule has 0 fully saturated rings. The monoisotopic (exact) mass is 319 g/mol. The molecular weight excluding hydrogens is 282 g/mol. The van der Waals surface area contributed by atoms with Crippen molar-refractivity contribution in [3.63, 3.8) is 0 Å². The van der Waals surface area contributed by atoms with E-state index in [1.54, 1.807) is 0 Å². The standard InChI is InChI=1S/C19H31NO.C2H6/c1-4-6-12-20(11-5-2)13-9-19-18-8-7-16(3)15-17(18)10-14-21-19;1-2/h7-8,15,19H,4-6,9-14H2,1-3H3;1-2H3. The van der Waals surface area contributed by atoms with E-state index in [1.165, 1.54) is 49.0 Å². The van der Waals surface area contributed by atoms with Crippen LogP contribution in [-0.2, 0) is 11.2 Å². The van der Waals surface area contributed by atoms with Gasteiger partial charge in [-0.25, -0.2) is 0 Å². The van der Waals surface area contributed by atoms with Crippen LogP contribution in [0.1, 0.15) is 76.2 Å². The van der Waals surface area contributed by atoms with Crippen LogP contribution in [0.4, 0.5) is 0 Å². The van der Waals surface area contributed by atoms with Gasteiger partial charge in [0.05, 0.1) is 12.7 Å². The molecule has 132 valence electrons. The van der Waals surface area contributed by atoms with E-state index in [-0.39, 0.29) is 0 Å². The summed E-state index contributed by atoms with van der Waals surface area (Å²) in [6, 6.07) is 6.85. The molecule has 0 N–H and O–H groups in total. The summed E-state index contributed by atoms with van der Waals surface area (Å²) in [5, 5.41) is 0. The number of nitrogens with zero attached hydrogens (tertiary/aromatic N) is 1. The fourth-order valence-corrected chi connectivity index (χ4v) is 3.24. The third kappa shape index (κ3) is 6.64. The van der Waals surface area contributed by atoms with Crippen molar-refractivity contribution in [2.24, 2.45) is 0 Å². The Hall–Kier alpha value is -0.860. The third-order valence-electron chi connectivity index (χ3n) is 4.41. The number of unbranched alkanes of at least 4 members (excludes halogenated alkanes) is 1. The topological polar surface area (TPSA) is 12.5 Å². The van der Waals surface area contributed by atoms with Gasteiger partial charge in [0.25, 0.3) is 0 Å². The average Bonchev–Trinajstić information content (AvgIpc) is 2.58. The molecule has 0 saturated heterocycles. The Morgan fingerprint density at radius 1 is 1.09 bits per heavy atom. The van der Waals surface area contributed by atoms with Gasteiger partial charge in [-0.05, 0) is 56.8 Å². The van der Waals surface area contributed by atoms with Crippen molar-refractivity contribution < 1.29 is 4.74 Å². The number of aryl methyl sites for hydroxylation is 1. The Bertz CT molecular complexity index is 430. The van der Waals surface area contributed by atoms with E-state index in [2.05, 4.69) is 43.9 Å². The lowest BCUT2D eigenvalue weighted by molar-refractivity contribution is 0.0291. The van der Waals surface area contributed by atoms with Gasteiger partial charge in [-0.3, -0.25) is 0 Å². The Morgan fingerprint density at radius 2 is 1.87 bits per heavy atom. The van der Waals surface area contributed by atoms with E-state index in [9.17, 15) is 0 Å². The van der Waals surface area contributed by atoms with Crippen LogP contribution in [0, 0.1) is 6.92 Å². The van der Waals surface area contributed by atoms with Gasteiger partial charge >= 0.3 is 0 Å². The molecule has 0 radical (unpaired) electrons. The summed E-state index contributed by atoms with van der Waals surface area (Å²) >= 11 is 0. The molecule has 1 unspecified atom stereocenters. The van der Waals surface area contributed by atoms with Crippen molar-refractivity contribution in [2.75, 3.05) is 26.2 Å². The molecule has 0 aliphatic carbocycles. The smallest absolute Gasteiger partial charge is 0.0839 e. The molecule has 0 saturated carbocycles. The van der Waals surface area contributed by atoms with Gasteiger partial charge in [0, 0.05) is 6.54 Å². The Balaban J connectivity index is 0.00000127. The second kappa shape index (κ2) is 11.6. The largest absolute Gasteiger partial charge is 0.373 e. The number of hydrogen-bond acceptors (Lipinski definition) is 2. The van der Waals surface area contributed by atoms with Crippen molar-refractivity contribution in [1.82, 2.24) is 4.90 Å². The second-order valence-corrected chi connectivity index (χ2v) is 6.30. The SMILES string of the molecule is CC.CCCCN(CCC)CCC1OCCc2cc(C)ccc21. The molecule has 1 aliphatic rings. The van der Waals surface area contributed by atoms with Crippen LogP contribution >= 0.6 is 0 Å². The van der Waals surface area contributed by atoms with Crippen LogP contribution < -0.4 is 0 Å². The minimum atomic E-state index is 0.301. The summed E-state index contributed by atoms with van der Waals surface area (Å²) < 4.78 is 6.05. The van der Waals surface area contributed by atoms with Crippen molar-refractivity contribution in [3.05, 3.63) is 34.9 Å². The highest BCUT2D eigenvalue weighted by Crippen LogP contribution is 2.30. The van der Waals surface area contributed by atoms with Gasteiger partial charge < -0.3 is 9.64 Å². The van der Waals surface area contributed by atoms with E-state index in [0.29, 0.717) is 6.10 Å². The van der Waals surface area contributed by atoms with E-state index in [0.717, 1.165) is 26.0 Å². The summed E-state index contributed by atoms with van der Waals surface area (Å²) in [5.74, 6) is 0. The zero-order valence-electron chi connectivity index (χ0n) is 16.0. The molecule has 0 spiro atoms. The van der Waals surface area contributed by atoms with E-state index in [4.69, 9.17) is 4.74 Å². The van der Waals surface area contributed by atoms with Gasteiger partial charge in [0.2, 0.25) is 0 Å². The van der Waals surface area contributed by atoms with Gasteiger partial charge in [0.15, 0.2) is 0 Å². The molecule has 2 rings (SSSR count). The van der Waals surface area contributed by atoms with Crippen molar-refractivity contribution in [2.45, 2.75) is 72.8 Å². The maximum Gasteiger partial charge on any atom is 0.0839 e. The maximum atomic E-state index is 6.05. The van der Waals surface area contributed by atoms with Crippen LogP contribution in [0.2, 0.25) is 0 Å². The second-order valence-electron chi connectivity index (χ2n) is 6.30. The lowest BCUT2D eigenvalue weighted by atomic mass is 9.94. The first-order valence-electron chi connectivity index (χ1n) is 9.68. The van der Waals surface area contributed by atoms with E-state index >= 15 is 0 Å². The van der Waals surface area contributed by atoms with Gasteiger partial charge in [-0.1, -0.05) is 57.9 Å². The first-order valence-corrected chi connectivity index (χ1v) is 9.68. The fraction of sp³-hybridized carbons (Fsp3) is 0.714. The summed E-state index contributed by atoms with van der Waals surface area (Å²) in [6.07, 6.45) is 6.33. The molecule has 1 aromatic rings. The van der Waals surface area contributed by atoms with Crippen LogP contribution in [0.3, 0.4) is 0 Å². The first-order chi connectivity index (χ1) is 11.2. The highest BCUT2D eigenvalue weighted by Gasteiger charge is 2.21. The molecule has 2 heteroatoms. The van der Waals surface area contributed by atoms with Gasteiger partial charge in [-0.15, -0.1) is 0 Å². The van der Waals surface area contributed by atoms with Crippen LogP contribution in [-0.4, -0.2) is 31.1 Å². The molecule has 2 nitrogen and oxygen atoms in total. The molecule has 0 aromatic heterocycles. The first kappa shape index (κ1) is 20.2. The Morgan fingerprint density at radius 3 is 2.57 bits per heavy atom. The number of fused-ring (bicyclic) bond motifs is 1. The minimum absolute atomic E-state index is 0.301. The summed E-state index contributed by atoms with van der Waals surface area (Å²) in [6.45, 7) is 15.2. The zero-order chi connectivity index (χ0) is 17.1. The van der Waals surface area contributed by atoms with Crippen molar-refractivity contribution >= 4 is 0 Å². The molecule has 0 bridgehead atoms. The van der Waals surface area contributed by atoms with Crippen LogP contribution in [0.5, 0.6) is 0 Å². The van der Waals surface area contributed by atoms with Crippen LogP contribution in [0.25, 0.3) is 0 Å². The summed E-state index contributed by atoms with van der Waals surface area (Å²) in [7, 11) is 0. The lowest BCUT2D eigenvalue weighted by Crippen LogP contribution is -2.29. The Labute approximate surface area is 144 Å². The third-order valence-corrected chi connectivity index (χ3v) is 4.41. The number of ether oxygens (including phenoxy) is 1. The molecular formula is C21H37NO. The minimum Gasteiger partial charge on any atom is -0.373 e. The molecule has 23 heavy (non-hydrogen) atoms. The highest BCUT2D eigenvalue weighted by atomic mass is 16.5. The predicted octanol–water partition coefficient (Wildman–Crippen LogP) is 5.54. The summed E-state index contributed by atoms with van der Waals surface area (Å²) in [5.41, 5.74) is 4.30. The lowest BCUT2D eigenvalue weighted by Gasteiger charge is -2.29. The Kier molecular flexibility index (Phi) is 10.2. The molecule has 1 atom stereocenters. The number of rotatable bonds is 8. The predicted molar refractivity (Wildman–Crippen MR) is 101 cm³/mol. The van der Waals surface area contributed by atoms with Crippen molar-refractivity contribution in [1.29, 1.82) is 0 Å².